The van der Waals surface area contributed by atoms with Gasteiger partial charge in [0.25, 0.3) is 5.91 Å². The fourth-order valence-electron chi connectivity index (χ4n) is 2.88. The Bertz CT molecular complexity index is 1160. The van der Waals surface area contributed by atoms with E-state index in [1.165, 1.54) is 6.07 Å². The van der Waals surface area contributed by atoms with Gasteiger partial charge in [0, 0.05) is 18.0 Å². The van der Waals surface area contributed by atoms with Crippen molar-refractivity contribution < 1.29 is 9.21 Å². The third-order valence-corrected chi connectivity index (χ3v) is 4.12. The van der Waals surface area contributed by atoms with Gasteiger partial charge in [0.05, 0.1) is 17.6 Å². The molecule has 4 aromatic rings. The Morgan fingerprint density at radius 1 is 1.08 bits per heavy atom. The zero-order valence-corrected chi connectivity index (χ0v) is 14.0. The molecule has 4 rings (SSSR count). The van der Waals surface area contributed by atoms with Gasteiger partial charge in [-0.2, -0.15) is 5.10 Å². The lowest BCUT2D eigenvalue weighted by Gasteiger charge is -2.08. The Kier molecular flexibility index (Phi) is 3.85. The highest BCUT2D eigenvalue weighted by molar-refractivity contribution is 6.06. The van der Waals surface area contributed by atoms with E-state index in [4.69, 9.17) is 4.42 Å². The van der Waals surface area contributed by atoms with Crippen LogP contribution in [0.4, 0.5) is 5.69 Å². The molecule has 1 N–H and O–H groups in total. The van der Waals surface area contributed by atoms with E-state index in [2.05, 4.69) is 10.4 Å². The third kappa shape index (κ3) is 2.77. The number of hydrogen-bond donors (Lipinski definition) is 1. The van der Waals surface area contributed by atoms with E-state index in [9.17, 15) is 9.59 Å². The molecule has 0 bridgehead atoms. The molecule has 0 fully saturated rings. The second-order valence-corrected chi connectivity index (χ2v) is 5.84. The van der Waals surface area contributed by atoms with Crippen molar-refractivity contribution in [2.24, 2.45) is 7.05 Å². The number of aryl methyl sites for hydroxylation is 1. The van der Waals surface area contributed by atoms with Gasteiger partial charge in [-0.05, 0) is 12.1 Å². The van der Waals surface area contributed by atoms with Gasteiger partial charge in [-0.3, -0.25) is 9.48 Å². The number of hydrogen-bond acceptors (Lipinski definition) is 4. The van der Waals surface area contributed by atoms with E-state index in [-0.39, 0.29) is 5.56 Å². The molecule has 2 aromatic carbocycles. The minimum absolute atomic E-state index is 0.0495. The van der Waals surface area contributed by atoms with Crippen LogP contribution in [0, 0.1) is 0 Å². The lowest BCUT2D eigenvalue weighted by molar-refractivity contribution is 0.102. The van der Waals surface area contributed by atoms with E-state index >= 15 is 0 Å². The summed E-state index contributed by atoms with van der Waals surface area (Å²) >= 11 is 0. The monoisotopic (exact) mass is 345 g/mol. The molecular formula is C20H15N3O3. The molecule has 0 aliphatic heterocycles. The number of fused-ring (bicyclic) bond motifs is 1. The lowest BCUT2D eigenvalue weighted by atomic mass is 10.1. The van der Waals surface area contributed by atoms with Crippen LogP contribution in [0.25, 0.3) is 22.2 Å². The van der Waals surface area contributed by atoms with Gasteiger partial charge >= 0.3 is 5.63 Å². The Morgan fingerprint density at radius 3 is 2.62 bits per heavy atom. The predicted molar refractivity (Wildman–Crippen MR) is 99.1 cm³/mol. The van der Waals surface area contributed by atoms with Crippen LogP contribution >= 0.6 is 0 Å². The van der Waals surface area contributed by atoms with Crippen LogP contribution < -0.4 is 10.9 Å². The number of nitrogens with zero attached hydrogens (tertiary/aromatic N) is 2. The number of para-hydroxylation sites is 1. The summed E-state index contributed by atoms with van der Waals surface area (Å²) in [7, 11) is 1.79. The summed E-state index contributed by atoms with van der Waals surface area (Å²) in [5, 5.41) is 7.67. The summed E-state index contributed by atoms with van der Waals surface area (Å²) in [6.45, 7) is 0. The maximum Gasteiger partial charge on any atom is 0.349 e. The number of benzene rings is 2. The molecule has 26 heavy (non-hydrogen) atoms. The second-order valence-electron chi connectivity index (χ2n) is 5.84. The molecule has 0 aliphatic rings. The van der Waals surface area contributed by atoms with Crippen molar-refractivity contribution in [3.63, 3.8) is 0 Å². The van der Waals surface area contributed by atoms with Crippen molar-refractivity contribution >= 4 is 22.6 Å². The summed E-state index contributed by atoms with van der Waals surface area (Å²) in [6.07, 6.45) is 1.56. The van der Waals surface area contributed by atoms with Crippen LogP contribution in [-0.2, 0) is 7.05 Å². The smallest absolute Gasteiger partial charge is 0.349 e. The topological polar surface area (TPSA) is 77.1 Å². The average Bonchev–Trinajstić information content (AvgIpc) is 3.02. The van der Waals surface area contributed by atoms with Crippen molar-refractivity contribution in [3.05, 3.63) is 82.8 Å². The number of aromatic nitrogens is 2. The van der Waals surface area contributed by atoms with Gasteiger partial charge in [0.1, 0.15) is 11.1 Å². The first-order valence-corrected chi connectivity index (χ1v) is 8.05. The molecule has 2 aromatic heterocycles. The minimum Gasteiger partial charge on any atom is -0.422 e. The molecule has 128 valence electrons. The van der Waals surface area contributed by atoms with Crippen molar-refractivity contribution in [2.75, 3.05) is 5.32 Å². The molecule has 6 heteroatoms. The van der Waals surface area contributed by atoms with Crippen LogP contribution in [0.3, 0.4) is 0 Å². The number of amides is 1. The van der Waals surface area contributed by atoms with Crippen molar-refractivity contribution in [1.82, 2.24) is 9.78 Å². The molecule has 0 saturated heterocycles. The Morgan fingerprint density at radius 2 is 1.81 bits per heavy atom. The maximum absolute atomic E-state index is 12.7. The van der Waals surface area contributed by atoms with Gasteiger partial charge in [-0.15, -0.1) is 0 Å². The van der Waals surface area contributed by atoms with E-state index in [0.717, 1.165) is 11.3 Å². The Hall–Kier alpha value is -3.67. The first-order chi connectivity index (χ1) is 12.6. The van der Waals surface area contributed by atoms with Crippen molar-refractivity contribution in [2.45, 2.75) is 0 Å². The molecule has 6 nitrogen and oxygen atoms in total. The van der Waals surface area contributed by atoms with Gasteiger partial charge in [0.15, 0.2) is 0 Å². The number of anilines is 1. The largest absolute Gasteiger partial charge is 0.422 e. The van der Waals surface area contributed by atoms with Crippen LogP contribution in [-0.4, -0.2) is 15.7 Å². The fourth-order valence-corrected chi connectivity index (χ4v) is 2.88. The quantitative estimate of drug-likeness (QED) is 0.577. The number of rotatable bonds is 3. The number of carbonyl (C=O) groups is 1. The molecule has 0 unspecified atom stereocenters. The van der Waals surface area contributed by atoms with Gasteiger partial charge < -0.3 is 9.73 Å². The predicted octanol–water partition coefficient (Wildman–Crippen LogP) is 3.45. The molecule has 0 aliphatic carbocycles. The highest BCUT2D eigenvalue weighted by atomic mass is 16.4. The van der Waals surface area contributed by atoms with Gasteiger partial charge in [0.2, 0.25) is 0 Å². The SMILES string of the molecule is Cn1ncc(NC(=O)c2cc3ccccc3oc2=O)c1-c1ccccc1. The van der Waals surface area contributed by atoms with E-state index in [1.807, 2.05) is 36.4 Å². The fraction of sp³-hybridized carbons (Fsp3) is 0.0500. The molecular weight excluding hydrogens is 330 g/mol. The molecule has 1 amide bonds. The van der Waals surface area contributed by atoms with Crippen LogP contribution in [0.1, 0.15) is 10.4 Å². The molecule has 0 saturated carbocycles. The number of nitrogens with one attached hydrogen (secondary N) is 1. The Labute approximate surface area is 148 Å². The highest BCUT2D eigenvalue weighted by Crippen LogP contribution is 2.27. The summed E-state index contributed by atoms with van der Waals surface area (Å²) in [5.74, 6) is -0.533. The van der Waals surface area contributed by atoms with E-state index in [1.54, 1.807) is 36.1 Å². The molecule has 0 atom stereocenters. The van der Waals surface area contributed by atoms with E-state index < -0.39 is 11.5 Å². The van der Waals surface area contributed by atoms with Crippen LogP contribution in [0.5, 0.6) is 0 Å². The Balaban J connectivity index is 1.72. The zero-order valence-electron chi connectivity index (χ0n) is 14.0. The van der Waals surface area contributed by atoms with Gasteiger partial charge in [-0.1, -0.05) is 48.5 Å². The van der Waals surface area contributed by atoms with Gasteiger partial charge in [-0.25, -0.2) is 4.79 Å². The molecule has 2 heterocycles. The lowest BCUT2D eigenvalue weighted by Crippen LogP contribution is -2.20. The van der Waals surface area contributed by atoms with Crippen molar-refractivity contribution in [1.29, 1.82) is 0 Å². The molecule has 0 radical (unpaired) electrons. The van der Waals surface area contributed by atoms with E-state index in [0.29, 0.717) is 16.7 Å². The summed E-state index contributed by atoms with van der Waals surface area (Å²) in [4.78, 5) is 24.8. The van der Waals surface area contributed by atoms with Crippen LogP contribution in [0.2, 0.25) is 0 Å². The maximum atomic E-state index is 12.7. The standard InChI is InChI=1S/C20H15N3O3/c1-23-18(13-7-3-2-4-8-13)16(12-21-23)22-19(24)15-11-14-9-5-6-10-17(14)26-20(15)25/h2-12H,1H3,(H,22,24). The average molecular weight is 345 g/mol. The first-order valence-electron chi connectivity index (χ1n) is 8.05. The third-order valence-electron chi connectivity index (χ3n) is 4.12. The number of carbonyl (C=O) groups excluding carboxylic acids is 1. The summed E-state index contributed by atoms with van der Waals surface area (Å²) in [5.41, 5.74) is 1.91. The normalized spacial score (nSPS) is 10.8. The highest BCUT2D eigenvalue weighted by Gasteiger charge is 2.18. The first kappa shape index (κ1) is 15.8. The zero-order chi connectivity index (χ0) is 18.1. The summed E-state index contributed by atoms with van der Waals surface area (Å²) < 4.78 is 6.91. The molecule has 0 spiro atoms. The van der Waals surface area contributed by atoms with Crippen LogP contribution in [0.15, 0.2) is 76.1 Å². The summed E-state index contributed by atoms with van der Waals surface area (Å²) in [6, 6.07) is 18.2. The van der Waals surface area contributed by atoms with Crippen molar-refractivity contribution in [3.8, 4) is 11.3 Å². The minimum atomic E-state index is -0.675. The second kappa shape index (κ2) is 6.33.